The third kappa shape index (κ3) is 2.52. The average Bonchev–Trinajstić information content (AvgIpc) is 3.10. The molecule has 0 unspecified atom stereocenters. The predicted octanol–water partition coefficient (Wildman–Crippen LogP) is 2.87. The second-order valence-electron chi connectivity index (χ2n) is 5.57. The monoisotopic (exact) mass is 276 g/mol. The van der Waals surface area contributed by atoms with Crippen molar-refractivity contribution in [1.82, 2.24) is 0 Å². The Bertz CT molecular complexity index is 499. The van der Waals surface area contributed by atoms with E-state index in [1.54, 1.807) is 7.11 Å². The smallest absolute Gasteiger partial charge is 0.312 e. The molecule has 3 rings (SSSR count). The van der Waals surface area contributed by atoms with Crippen LogP contribution < -0.4 is 4.74 Å². The molecule has 0 amide bonds. The molecule has 0 spiro atoms. The molecule has 20 heavy (non-hydrogen) atoms. The predicted molar refractivity (Wildman–Crippen MR) is 73.5 cm³/mol. The van der Waals surface area contributed by atoms with E-state index in [4.69, 9.17) is 14.2 Å². The molecular formula is C16H20O4. The fraction of sp³-hybridized carbons (Fsp3) is 0.562. The number of hydrogen-bond acceptors (Lipinski definition) is 4. The highest BCUT2D eigenvalue weighted by Gasteiger charge is 2.45. The molecule has 4 atom stereocenters. The van der Waals surface area contributed by atoms with Crippen molar-refractivity contribution in [3.05, 3.63) is 29.8 Å². The van der Waals surface area contributed by atoms with Gasteiger partial charge in [0.15, 0.2) is 0 Å². The second-order valence-corrected chi connectivity index (χ2v) is 5.57. The van der Waals surface area contributed by atoms with Gasteiger partial charge < -0.3 is 14.2 Å². The van der Waals surface area contributed by atoms with Crippen LogP contribution in [0.2, 0.25) is 0 Å². The van der Waals surface area contributed by atoms with Crippen LogP contribution >= 0.6 is 0 Å². The van der Waals surface area contributed by atoms with E-state index in [0.717, 1.165) is 30.6 Å². The van der Waals surface area contributed by atoms with Crippen LogP contribution in [0, 0.1) is 5.92 Å². The summed E-state index contributed by atoms with van der Waals surface area (Å²) in [5.41, 5.74) is 0.946. The zero-order valence-corrected chi connectivity index (χ0v) is 11.9. The number of esters is 1. The molecule has 0 N–H and O–H groups in total. The number of ether oxygens (including phenoxy) is 3. The van der Waals surface area contributed by atoms with Crippen LogP contribution in [-0.4, -0.2) is 25.3 Å². The number of benzene rings is 1. The molecule has 2 heterocycles. The molecule has 1 aromatic carbocycles. The number of carbonyl (C=O) groups excluding carboxylic acids is 1. The van der Waals surface area contributed by atoms with Crippen molar-refractivity contribution in [2.24, 2.45) is 5.92 Å². The highest BCUT2D eigenvalue weighted by atomic mass is 16.6. The first-order valence-corrected chi connectivity index (χ1v) is 7.17. The standard InChI is InChI=1S/C16H20O4/c1-10(11-4-3-5-12(8-11)18-2)19-16(17)14-9-13-6-7-15(14)20-13/h3-5,8,10,13-15H,6-7,9H2,1-2H3/t10-,13+,14-,15+/m0/s1. The van der Waals surface area contributed by atoms with Crippen molar-refractivity contribution in [3.63, 3.8) is 0 Å². The van der Waals surface area contributed by atoms with Crippen molar-refractivity contribution in [1.29, 1.82) is 0 Å². The van der Waals surface area contributed by atoms with Gasteiger partial charge in [-0.1, -0.05) is 12.1 Å². The summed E-state index contributed by atoms with van der Waals surface area (Å²) < 4.78 is 16.5. The molecule has 4 nitrogen and oxygen atoms in total. The summed E-state index contributed by atoms with van der Waals surface area (Å²) in [5.74, 6) is 0.558. The molecule has 2 aliphatic rings. The van der Waals surface area contributed by atoms with Crippen LogP contribution in [0.5, 0.6) is 5.75 Å². The molecule has 1 aromatic rings. The van der Waals surface area contributed by atoms with E-state index in [2.05, 4.69) is 0 Å². The second kappa shape index (κ2) is 5.44. The van der Waals surface area contributed by atoms with Crippen molar-refractivity contribution in [2.75, 3.05) is 7.11 Å². The quantitative estimate of drug-likeness (QED) is 0.793. The summed E-state index contributed by atoms with van der Waals surface area (Å²) in [5, 5.41) is 0. The first kappa shape index (κ1) is 13.4. The maximum absolute atomic E-state index is 12.2. The lowest BCUT2D eigenvalue weighted by Crippen LogP contribution is -2.27. The topological polar surface area (TPSA) is 44.8 Å². The van der Waals surface area contributed by atoms with Crippen molar-refractivity contribution >= 4 is 5.97 Å². The van der Waals surface area contributed by atoms with E-state index in [1.807, 2.05) is 31.2 Å². The molecule has 0 aromatic heterocycles. The zero-order chi connectivity index (χ0) is 14.1. The Morgan fingerprint density at radius 2 is 2.25 bits per heavy atom. The molecule has 4 heteroatoms. The summed E-state index contributed by atoms with van der Waals surface area (Å²) in [7, 11) is 1.63. The highest BCUT2D eigenvalue weighted by Crippen LogP contribution is 2.40. The van der Waals surface area contributed by atoms with Gasteiger partial charge in [0.25, 0.3) is 0 Å². The van der Waals surface area contributed by atoms with Crippen LogP contribution in [-0.2, 0) is 14.3 Å². The minimum absolute atomic E-state index is 0.0741. The molecule has 2 fully saturated rings. The summed E-state index contributed by atoms with van der Waals surface area (Å²) >= 11 is 0. The SMILES string of the molecule is COc1cccc([C@H](C)OC(=O)[C@H]2C[C@H]3CC[C@H]2O3)c1. The van der Waals surface area contributed by atoms with Crippen molar-refractivity contribution in [3.8, 4) is 5.75 Å². The van der Waals surface area contributed by atoms with Crippen LogP contribution in [0.3, 0.4) is 0 Å². The number of carbonyl (C=O) groups is 1. The van der Waals surface area contributed by atoms with Gasteiger partial charge >= 0.3 is 5.97 Å². The van der Waals surface area contributed by atoms with Gasteiger partial charge in [-0.25, -0.2) is 0 Å². The number of rotatable bonds is 4. The summed E-state index contributed by atoms with van der Waals surface area (Å²) in [6.45, 7) is 1.89. The Labute approximate surface area is 119 Å². The summed E-state index contributed by atoms with van der Waals surface area (Å²) in [4.78, 5) is 12.2. The molecule has 108 valence electrons. The van der Waals surface area contributed by atoms with Gasteiger partial charge in [0.2, 0.25) is 0 Å². The third-order valence-electron chi connectivity index (χ3n) is 4.26. The molecular weight excluding hydrogens is 256 g/mol. The molecule has 2 saturated heterocycles. The first-order valence-electron chi connectivity index (χ1n) is 7.17. The molecule has 0 radical (unpaired) electrons. The first-order chi connectivity index (χ1) is 9.67. The zero-order valence-electron chi connectivity index (χ0n) is 11.9. The lowest BCUT2D eigenvalue weighted by molar-refractivity contribution is -0.155. The van der Waals surface area contributed by atoms with Crippen LogP contribution in [0.25, 0.3) is 0 Å². The van der Waals surface area contributed by atoms with Crippen LogP contribution in [0.4, 0.5) is 0 Å². The number of hydrogen-bond donors (Lipinski definition) is 0. The van der Waals surface area contributed by atoms with Crippen LogP contribution in [0.15, 0.2) is 24.3 Å². The van der Waals surface area contributed by atoms with Crippen molar-refractivity contribution in [2.45, 2.75) is 44.5 Å². The average molecular weight is 276 g/mol. The maximum Gasteiger partial charge on any atom is 0.312 e. The van der Waals surface area contributed by atoms with Crippen LogP contribution in [0.1, 0.15) is 37.9 Å². The van der Waals surface area contributed by atoms with E-state index in [-0.39, 0.29) is 30.2 Å². The van der Waals surface area contributed by atoms with E-state index >= 15 is 0 Å². The Morgan fingerprint density at radius 1 is 1.40 bits per heavy atom. The Kier molecular flexibility index (Phi) is 3.66. The van der Waals surface area contributed by atoms with Gasteiger partial charge in [-0.2, -0.15) is 0 Å². The van der Waals surface area contributed by atoms with E-state index in [1.165, 1.54) is 0 Å². The third-order valence-corrected chi connectivity index (χ3v) is 4.26. The fourth-order valence-corrected chi connectivity index (χ4v) is 3.11. The van der Waals surface area contributed by atoms with E-state index in [0.29, 0.717) is 0 Å². The fourth-order valence-electron chi connectivity index (χ4n) is 3.11. The minimum atomic E-state index is -0.267. The molecule has 2 bridgehead atoms. The lowest BCUT2D eigenvalue weighted by atomic mass is 9.89. The van der Waals surface area contributed by atoms with E-state index < -0.39 is 0 Å². The highest BCUT2D eigenvalue weighted by molar-refractivity contribution is 5.74. The Hall–Kier alpha value is -1.55. The summed E-state index contributed by atoms with van der Waals surface area (Å²) in [6, 6.07) is 7.62. The van der Waals surface area contributed by atoms with Gasteiger partial charge in [-0.15, -0.1) is 0 Å². The minimum Gasteiger partial charge on any atom is -0.497 e. The Balaban J connectivity index is 1.63. The molecule has 0 saturated carbocycles. The van der Waals surface area contributed by atoms with Gasteiger partial charge in [0.1, 0.15) is 11.9 Å². The summed E-state index contributed by atoms with van der Waals surface area (Å²) in [6.07, 6.45) is 2.96. The molecule has 0 aliphatic carbocycles. The van der Waals surface area contributed by atoms with E-state index in [9.17, 15) is 4.79 Å². The number of fused-ring (bicyclic) bond motifs is 2. The molecule has 2 aliphatic heterocycles. The van der Waals surface area contributed by atoms with Gasteiger partial charge in [0, 0.05) is 0 Å². The van der Waals surface area contributed by atoms with Crippen molar-refractivity contribution < 1.29 is 19.0 Å². The Morgan fingerprint density at radius 3 is 2.90 bits per heavy atom. The van der Waals surface area contributed by atoms with Gasteiger partial charge in [0.05, 0.1) is 25.2 Å². The lowest BCUT2D eigenvalue weighted by Gasteiger charge is -2.20. The largest absolute Gasteiger partial charge is 0.497 e. The van der Waals surface area contributed by atoms with Gasteiger partial charge in [-0.05, 0) is 43.9 Å². The number of methoxy groups -OCH3 is 1. The van der Waals surface area contributed by atoms with Gasteiger partial charge in [-0.3, -0.25) is 4.79 Å². The maximum atomic E-state index is 12.2. The normalized spacial score (nSPS) is 29.2.